The van der Waals surface area contributed by atoms with Gasteiger partial charge in [0.25, 0.3) is 0 Å². The summed E-state index contributed by atoms with van der Waals surface area (Å²) in [6.45, 7) is 7.27. The molecule has 0 bridgehead atoms. The van der Waals surface area contributed by atoms with Gasteiger partial charge in [0.1, 0.15) is 11.0 Å². The minimum atomic E-state index is -0.531. The number of ether oxygens (including phenoxy) is 1. The molecular weight excluding hydrogens is 352 g/mol. The zero-order chi connectivity index (χ0) is 19.3. The van der Waals surface area contributed by atoms with Crippen LogP contribution in [0.5, 0.6) is 0 Å². The molecule has 1 aliphatic heterocycles. The normalized spacial score (nSPS) is 17.8. The van der Waals surface area contributed by atoms with Gasteiger partial charge in [0, 0.05) is 31.3 Å². The number of rotatable bonds is 5. The van der Waals surface area contributed by atoms with Crippen LogP contribution >= 0.6 is 11.8 Å². The Hall–Kier alpha value is -2.02. The smallest absolute Gasteiger partial charge is 0.308 e. The van der Waals surface area contributed by atoms with E-state index in [-0.39, 0.29) is 29.6 Å². The van der Waals surface area contributed by atoms with Gasteiger partial charge in [-0.2, -0.15) is 0 Å². The van der Waals surface area contributed by atoms with Gasteiger partial charge >= 0.3 is 5.97 Å². The first-order chi connectivity index (χ1) is 12.2. The molecule has 1 heterocycles. The van der Waals surface area contributed by atoms with Crippen molar-refractivity contribution < 1.29 is 19.1 Å². The van der Waals surface area contributed by atoms with Crippen LogP contribution in [0.3, 0.4) is 0 Å². The zero-order valence-electron chi connectivity index (χ0n) is 15.7. The van der Waals surface area contributed by atoms with Crippen molar-refractivity contribution in [1.82, 2.24) is 4.90 Å². The van der Waals surface area contributed by atoms with Gasteiger partial charge in [0.15, 0.2) is 0 Å². The summed E-state index contributed by atoms with van der Waals surface area (Å²) >= 11 is 1.68. The molecule has 6 nitrogen and oxygen atoms in total. The topological polar surface area (TPSA) is 75.7 Å². The second-order valence-electron chi connectivity index (χ2n) is 7.20. The second kappa shape index (κ2) is 8.58. The van der Waals surface area contributed by atoms with Gasteiger partial charge < -0.3 is 15.0 Å². The molecule has 0 saturated carbocycles. The Kier molecular flexibility index (Phi) is 6.69. The third-order valence-electron chi connectivity index (χ3n) is 3.69. The van der Waals surface area contributed by atoms with Gasteiger partial charge in [-0.05, 0) is 38.5 Å². The molecular formula is C19H26N2O4S. The molecule has 1 N–H and O–H groups in total. The lowest BCUT2D eigenvalue weighted by Gasteiger charge is -2.35. The number of carbonyl (C=O) groups is 3. The number of nitrogens with one attached hydrogen (secondary N) is 1. The van der Waals surface area contributed by atoms with E-state index in [1.807, 2.05) is 45.0 Å². The van der Waals surface area contributed by atoms with Crippen LogP contribution in [0.15, 0.2) is 24.3 Å². The summed E-state index contributed by atoms with van der Waals surface area (Å²) in [6.07, 6.45) is 0.642. The Bertz CT molecular complexity index is 667. The fourth-order valence-electron chi connectivity index (χ4n) is 2.68. The van der Waals surface area contributed by atoms with Crippen molar-refractivity contribution in [1.29, 1.82) is 0 Å². The highest BCUT2D eigenvalue weighted by atomic mass is 32.2. The summed E-state index contributed by atoms with van der Waals surface area (Å²) < 4.78 is 5.33. The highest BCUT2D eigenvalue weighted by molar-refractivity contribution is 7.99. The van der Waals surface area contributed by atoms with Gasteiger partial charge in [-0.25, -0.2) is 0 Å². The Morgan fingerprint density at radius 3 is 2.50 bits per heavy atom. The fourth-order valence-corrected chi connectivity index (χ4v) is 3.95. The van der Waals surface area contributed by atoms with E-state index in [0.29, 0.717) is 18.7 Å². The molecule has 1 aliphatic rings. The van der Waals surface area contributed by atoms with Crippen LogP contribution in [0.25, 0.3) is 0 Å². The lowest BCUT2D eigenvalue weighted by atomic mass is 10.1. The van der Waals surface area contributed by atoms with Crippen LogP contribution < -0.4 is 5.32 Å². The van der Waals surface area contributed by atoms with E-state index in [9.17, 15) is 14.4 Å². The Balaban J connectivity index is 2.06. The molecule has 2 rings (SSSR count). The third kappa shape index (κ3) is 6.05. The van der Waals surface area contributed by atoms with Crippen LogP contribution in [0.1, 0.15) is 51.5 Å². The van der Waals surface area contributed by atoms with E-state index in [1.165, 1.54) is 6.92 Å². The average Bonchev–Trinajstić information content (AvgIpc) is 2.52. The Morgan fingerprint density at radius 2 is 1.92 bits per heavy atom. The van der Waals surface area contributed by atoms with E-state index in [1.54, 1.807) is 16.7 Å². The van der Waals surface area contributed by atoms with Crippen molar-refractivity contribution in [3.8, 4) is 0 Å². The number of benzene rings is 1. The fraction of sp³-hybridized carbons (Fsp3) is 0.526. The summed E-state index contributed by atoms with van der Waals surface area (Å²) in [7, 11) is 0. The number of carbonyl (C=O) groups excluding carboxylic acids is 3. The molecule has 1 fully saturated rings. The predicted octanol–water partition coefficient (Wildman–Crippen LogP) is 3.34. The third-order valence-corrected chi connectivity index (χ3v) is 4.97. The highest BCUT2D eigenvalue weighted by Gasteiger charge is 2.30. The summed E-state index contributed by atoms with van der Waals surface area (Å²) in [5, 5.41) is 2.60. The standard InChI is InChI=1S/C19H26N2O4S/c1-13(22)20-15-7-5-14(6-8-15)18-21(16(23)10-12-26-18)11-9-17(24)25-19(2,3)4/h5-8,18H,9-12H2,1-4H3,(H,20,22). The quantitative estimate of drug-likeness (QED) is 0.795. The van der Waals surface area contributed by atoms with E-state index >= 15 is 0 Å². The summed E-state index contributed by atoms with van der Waals surface area (Å²) in [4.78, 5) is 37.3. The average molecular weight is 378 g/mol. The van der Waals surface area contributed by atoms with Crippen LogP contribution in [-0.2, 0) is 19.1 Å². The van der Waals surface area contributed by atoms with Crippen LogP contribution in [0.2, 0.25) is 0 Å². The monoisotopic (exact) mass is 378 g/mol. The number of esters is 1. The molecule has 1 atom stereocenters. The largest absolute Gasteiger partial charge is 0.460 e. The minimum Gasteiger partial charge on any atom is -0.460 e. The number of nitrogens with zero attached hydrogens (tertiary/aromatic N) is 1. The summed E-state index contributed by atoms with van der Waals surface area (Å²) in [5.74, 6) is 0.364. The van der Waals surface area contributed by atoms with Crippen molar-refractivity contribution in [3.63, 3.8) is 0 Å². The SMILES string of the molecule is CC(=O)Nc1ccc(C2SCCC(=O)N2CCC(=O)OC(C)(C)C)cc1. The molecule has 1 aromatic rings. The van der Waals surface area contributed by atoms with Gasteiger partial charge in [-0.1, -0.05) is 12.1 Å². The van der Waals surface area contributed by atoms with Crippen molar-refractivity contribution in [2.75, 3.05) is 17.6 Å². The molecule has 0 aromatic heterocycles. The Labute approximate surface area is 158 Å². The van der Waals surface area contributed by atoms with E-state index in [0.717, 1.165) is 11.3 Å². The lowest BCUT2D eigenvalue weighted by Crippen LogP contribution is -2.39. The minimum absolute atomic E-state index is 0.0447. The molecule has 0 spiro atoms. The van der Waals surface area contributed by atoms with Crippen LogP contribution in [-0.4, -0.2) is 40.6 Å². The molecule has 7 heteroatoms. The van der Waals surface area contributed by atoms with Crippen molar-refractivity contribution in [3.05, 3.63) is 29.8 Å². The van der Waals surface area contributed by atoms with Gasteiger partial charge in [-0.15, -0.1) is 11.8 Å². The van der Waals surface area contributed by atoms with E-state index < -0.39 is 5.60 Å². The predicted molar refractivity (Wildman–Crippen MR) is 103 cm³/mol. The van der Waals surface area contributed by atoms with Crippen LogP contribution in [0, 0.1) is 0 Å². The summed E-state index contributed by atoms with van der Waals surface area (Å²) in [5.41, 5.74) is 1.16. The maximum atomic E-state index is 12.4. The first-order valence-electron chi connectivity index (χ1n) is 8.66. The molecule has 1 aromatic carbocycles. The lowest BCUT2D eigenvalue weighted by molar-refractivity contribution is -0.155. The van der Waals surface area contributed by atoms with Crippen molar-refractivity contribution >= 4 is 35.2 Å². The molecule has 142 valence electrons. The number of hydrogen-bond donors (Lipinski definition) is 1. The first-order valence-corrected chi connectivity index (χ1v) is 9.71. The number of amides is 2. The highest BCUT2D eigenvalue weighted by Crippen LogP contribution is 2.37. The van der Waals surface area contributed by atoms with Crippen molar-refractivity contribution in [2.45, 2.75) is 51.5 Å². The van der Waals surface area contributed by atoms with Crippen molar-refractivity contribution in [2.24, 2.45) is 0 Å². The van der Waals surface area contributed by atoms with E-state index in [2.05, 4.69) is 5.32 Å². The molecule has 0 radical (unpaired) electrons. The van der Waals surface area contributed by atoms with Gasteiger partial charge in [0.05, 0.1) is 6.42 Å². The molecule has 2 amide bonds. The zero-order valence-corrected chi connectivity index (χ0v) is 16.5. The molecule has 26 heavy (non-hydrogen) atoms. The maximum Gasteiger partial charge on any atom is 0.308 e. The van der Waals surface area contributed by atoms with Gasteiger partial charge in [0.2, 0.25) is 11.8 Å². The molecule has 1 saturated heterocycles. The Morgan fingerprint density at radius 1 is 1.27 bits per heavy atom. The first kappa shape index (κ1) is 20.3. The summed E-state index contributed by atoms with van der Waals surface area (Å²) in [6, 6.07) is 7.45. The molecule has 1 unspecified atom stereocenters. The number of hydrogen-bond acceptors (Lipinski definition) is 5. The van der Waals surface area contributed by atoms with Gasteiger partial charge in [-0.3, -0.25) is 14.4 Å². The second-order valence-corrected chi connectivity index (χ2v) is 8.39. The molecule has 0 aliphatic carbocycles. The number of thioether (sulfide) groups is 1. The van der Waals surface area contributed by atoms with E-state index in [4.69, 9.17) is 4.74 Å². The maximum absolute atomic E-state index is 12.4. The van der Waals surface area contributed by atoms with Crippen LogP contribution in [0.4, 0.5) is 5.69 Å². The number of anilines is 1.